The van der Waals surface area contributed by atoms with E-state index in [-0.39, 0.29) is 5.91 Å². The Balaban J connectivity index is 1.84. The number of hydrogen-bond donors (Lipinski definition) is 1. The van der Waals surface area contributed by atoms with Crippen LogP contribution in [0.4, 0.5) is 0 Å². The van der Waals surface area contributed by atoms with Crippen molar-refractivity contribution in [3.63, 3.8) is 0 Å². The summed E-state index contributed by atoms with van der Waals surface area (Å²) in [5, 5.41) is 3.48. The lowest BCUT2D eigenvalue weighted by Gasteiger charge is -2.12. The van der Waals surface area contributed by atoms with Gasteiger partial charge in [0.25, 0.3) is 0 Å². The second-order valence-corrected chi connectivity index (χ2v) is 6.15. The third-order valence-corrected chi connectivity index (χ3v) is 4.03. The monoisotopic (exact) mass is 340 g/mol. The molecule has 1 aliphatic carbocycles. The van der Waals surface area contributed by atoms with Crippen LogP contribution in [0.15, 0.2) is 22.7 Å². The van der Waals surface area contributed by atoms with Gasteiger partial charge in [-0.25, -0.2) is 0 Å². The molecule has 20 heavy (non-hydrogen) atoms. The van der Waals surface area contributed by atoms with Crippen molar-refractivity contribution in [1.82, 2.24) is 10.2 Å². The lowest BCUT2D eigenvalue weighted by atomic mass is 10.2. The van der Waals surface area contributed by atoms with E-state index in [0.717, 1.165) is 16.8 Å². The highest BCUT2D eigenvalue weighted by atomic mass is 79.9. The zero-order chi connectivity index (χ0) is 14.5. The normalized spacial score (nSPS) is 14.2. The van der Waals surface area contributed by atoms with Crippen LogP contribution in [0, 0.1) is 0 Å². The van der Waals surface area contributed by atoms with E-state index in [1.165, 1.54) is 18.4 Å². The van der Waals surface area contributed by atoms with E-state index in [2.05, 4.69) is 21.2 Å². The van der Waals surface area contributed by atoms with E-state index in [9.17, 15) is 4.79 Å². The zero-order valence-electron chi connectivity index (χ0n) is 12.0. The molecule has 1 fully saturated rings. The summed E-state index contributed by atoms with van der Waals surface area (Å²) < 4.78 is 6.73. The maximum Gasteiger partial charge on any atom is 0.225 e. The van der Waals surface area contributed by atoms with E-state index < -0.39 is 0 Å². The smallest absolute Gasteiger partial charge is 0.225 e. The topological polar surface area (TPSA) is 41.6 Å². The Morgan fingerprint density at radius 2 is 2.20 bits per heavy atom. The number of benzene rings is 1. The summed E-state index contributed by atoms with van der Waals surface area (Å²) in [6, 6.07) is 6.63. The van der Waals surface area contributed by atoms with Crippen molar-refractivity contribution in [3.8, 4) is 5.75 Å². The molecule has 0 saturated heterocycles. The minimum atomic E-state index is 0.0812. The van der Waals surface area contributed by atoms with Gasteiger partial charge < -0.3 is 15.0 Å². The number of halogens is 1. The van der Waals surface area contributed by atoms with Crippen molar-refractivity contribution in [3.05, 3.63) is 28.2 Å². The summed E-state index contributed by atoms with van der Waals surface area (Å²) in [7, 11) is 3.51. The second kappa shape index (κ2) is 7.09. The van der Waals surface area contributed by atoms with Gasteiger partial charge >= 0.3 is 0 Å². The van der Waals surface area contributed by atoms with Crippen LogP contribution >= 0.6 is 15.9 Å². The Kier molecular flexibility index (Phi) is 5.43. The maximum atomic E-state index is 11.5. The van der Waals surface area contributed by atoms with Crippen LogP contribution < -0.4 is 10.1 Å². The molecule has 0 radical (unpaired) electrons. The predicted molar refractivity (Wildman–Crippen MR) is 82.8 cm³/mol. The van der Waals surface area contributed by atoms with Crippen molar-refractivity contribution in [1.29, 1.82) is 0 Å². The van der Waals surface area contributed by atoms with Gasteiger partial charge in [0.1, 0.15) is 5.75 Å². The van der Waals surface area contributed by atoms with Crippen molar-refractivity contribution < 1.29 is 9.53 Å². The largest absolute Gasteiger partial charge is 0.493 e. The minimum absolute atomic E-state index is 0.0812. The van der Waals surface area contributed by atoms with E-state index in [1.54, 1.807) is 19.0 Å². The second-order valence-electron chi connectivity index (χ2n) is 5.30. The molecule has 1 N–H and O–H groups in total. The molecule has 1 aliphatic rings. The summed E-state index contributed by atoms with van der Waals surface area (Å²) in [5.41, 5.74) is 1.19. The molecule has 110 valence electrons. The maximum absolute atomic E-state index is 11.5. The van der Waals surface area contributed by atoms with Crippen LogP contribution in [0.1, 0.15) is 24.8 Å². The van der Waals surface area contributed by atoms with Crippen LogP contribution in [0.2, 0.25) is 0 Å². The van der Waals surface area contributed by atoms with Crippen LogP contribution in [0.25, 0.3) is 0 Å². The zero-order valence-corrected chi connectivity index (χ0v) is 13.6. The highest BCUT2D eigenvalue weighted by molar-refractivity contribution is 9.10. The fourth-order valence-electron chi connectivity index (χ4n) is 1.80. The summed E-state index contributed by atoms with van der Waals surface area (Å²) >= 11 is 3.56. The minimum Gasteiger partial charge on any atom is -0.493 e. The van der Waals surface area contributed by atoms with Crippen molar-refractivity contribution in [2.45, 2.75) is 31.8 Å². The van der Waals surface area contributed by atoms with Gasteiger partial charge in [0.15, 0.2) is 0 Å². The van der Waals surface area contributed by atoms with E-state index >= 15 is 0 Å². The molecule has 1 amide bonds. The molecule has 2 rings (SSSR count). The van der Waals surface area contributed by atoms with E-state index in [1.807, 2.05) is 18.2 Å². The number of rotatable bonds is 7. The van der Waals surface area contributed by atoms with Gasteiger partial charge in [0.05, 0.1) is 13.0 Å². The van der Waals surface area contributed by atoms with Gasteiger partial charge in [0, 0.05) is 31.2 Å². The molecule has 1 aromatic rings. The van der Waals surface area contributed by atoms with Crippen LogP contribution in [-0.4, -0.2) is 37.6 Å². The Labute approximate surface area is 128 Å². The molecule has 5 heteroatoms. The van der Waals surface area contributed by atoms with Crippen molar-refractivity contribution >= 4 is 21.8 Å². The molecule has 0 aliphatic heterocycles. The number of amides is 1. The van der Waals surface area contributed by atoms with Gasteiger partial charge in [-0.05, 0) is 36.6 Å². The molecule has 0 aromatic heterocycles. The Bertz CT molecular complexity index is 473. The highest BCUT2D eigenvalue weighted by Gasteiger charge is 2.20. The molecule has 1 saturated carbocycles. The lowest BCUT2D eigenvalue weighted by Crippen LogP contribution is -2.23. The number of nitrogens with one attached hydrogen (secondary N) is 1. The van der Waals surface area contributed by atoms with Crippen LogP contribution in [-0.2, 0) is 11.3 Å². The molecule has 1 aromatic carbocycles. The summed E-state index contributed by atoms with van der Waals surface area (Å²) in [6.07, 6.45) is 2.96. The lowest BCUT2D eigenvalue weighted by molar-refractivity contribution is -0.129. The first kappa shape index (κ1) is 15.3. The summed E-state index contributed by atoms with van der Waals surface area (Å²) in [4.78, 5) is 13.0. The molecular weight excluding hydrogens is 320 g/mol. The predicted octanol–water partition coefficient (Wildman–Crippen LogP) is 2.56. The third kappa shape index (κ3) is 4.80. The van der Waals surface area contributed by atoms with Gasteiger partial charge in [-0.15, -0.1) is 0 Å². The van der Waals surface area contributed by atoms with E-state index in [0.29, 0.717) is 19.1 Å². The van der Waals surface area contributed by atoms with Crippen molar-refractivity contribution in [2.24, 2.45) is 0 Å². The van der Waals surface area contributed by atoms with Gasteiger partial charge in [-0.3, -0.25) is 4.79 Å². The number of carbonyl (C=O) groups is 1. The summed E-state index contributed by atoms with van der Waals surface area (Å²) in [5.74, 6) is 0.894. The van der Waals surface area contributed by atoms with Crippen LogP contribution in [0.5, 0.6) is 5.75 Å². The highest BCUT2D eigenvalue weighted by Crippen LogP contribution is 2.25. The molecule has 0 heterocycles. The Hall–Kier alpha value is -1.07. The number of ether oxygens (including phenoxy) is 1. The molecule has 0 spiro atoms. The SMILES string of the molecule is CN(C)C(=O)CCOc1ccc(Br)c(CNC2CC2)c1. The molecular formula is C15H21BrN2O2. The molecule has 4 nitrogen and oxygen atoms in total. The first-order valence-electron chi connectivity index (χ1n) is 6.91. The quantitative estimate of drug-likeness (QED) is 0.829. The van der Waals surface area contributed by atoms with Gasteiger partial charge in [-0.2, -0.15) is 0 Å². The molecule has 0 unspecified atom stereocenters. The number of nitrogens with zero attached hydrogens (tertiary/aromatic N) is 1. The van der Waals surface area contributed by atoms with Gasteiger partial charge in [-0.1, -0.05) is 15.9 Å². The average Bonchev–Trinajstić information content (AvgIpc) is 3.23. The van der Waals surface area contributed by atoms with Gasteiger partial charge in [0.2, 0.25) is 5.91 Å². The molecule has 0 atom stereocenters. The average molecular weight is 341 g/mol. The Morgan fingerprint density at radius 3 is 2.85 bits per heavy atom. The summed E-state index contributed by atoms with van der Waals surface area (Å²) in [6.45, 7) is 1.26. The van der Waals surface area contributed by atoms with E-state index in [4.69, 9.17) is 4.74 Å². The first-order chi connectivity index (χ1) is 9.56. The Morgan fingerprint density at radius 1 is 1.45 bits per heavy atom. The third-order valence-electron chi connectivity index (χ3n) is 3.26. The van der Waals surface area contributed by atoms with Crippen molar-refractivity contribution in [2.75, 3.05) is 20.7 Å². The number of hydrogen-bond acceptors (Lipinski definition) is 3. The standard InChI is InChI=1S/C15H21BrN2O2/c1-18(2)15(19)7-8-20-13-5-6-14(16)11(9-13)10-17-12-3-4-12/h5-6,9,12,17H,3-4,7-8,10H2,1-2H3. The fraction of sp³-hybridized carbons (Fsp3) is 0.533. The first-order valence-corrected chi connectivity index (χ1v) is 7.70. The number of carbonyl (C=O) groups excluding carboxylic acids is 1. The fourth-order valence-corrected chi connectivity index (χ4v) is 2.18. The molecule has 0 bridgehead atoms. The van der Waals surface area contributed by atoms with Crippen LogP contribution in [0.3, 0.4) is 0 Å².